The van der Waals surface area contributed by atoms with Crippen LogP contribution in [-0.4, -0.2) is 38.9 Å². The highest BCUT2D eigenvalue weighted by molar-refractivity contribution is 5.93. The predicted molar refractivity (Wildman–Crippen MR) is 124 cm³/mol. The number of aromatic nitrogens is 2. The van der Waals surface area contributed by atoms with Crippen LogP contribution in [0.1, 0.15) is 45.1 Å². The SMILES string of the molecule is CCC1CCCCN1C(=O)C=Cc1cccn2nc(-c3cccc(NC(C)=O)c3)cc12. The van der Waals surface area contributed by atoms with Crippen molar-refractivity contribution in [2.45, 2.75) is 45.6 Å². The molecular weight excluding hydrogens is 388 g/mol. The molecule has 2 aromatic heterocycles. The van der Waals surface area contributed by atoms with Crippen molar-refractivity contribution >= 4 is 29.1 Å². The molecule has 0 spiro atoms. The van der Waals surface area contributed by atoms with Crippen LogP contribution in [-0.2, 0) is 9.59 Å². The smallest absolute Gasteiger partial charge is 0.246 e. The summed E-state index contributed by atoms with van der Waals surface area (Å²) in [4.78, 5) is 26.2. The Morgan fingerprint density at radius 3 is 2.87 bits per heavy atom. The second-order valence-electron chi connectivity index (χ2n) is 8.01. The van der Waals surface area contributed by atoms with Gasteiger partial charge in [0.2, 0.25) is 11.8 Å². The zero-order valence-corrected chi connectivity index (χ0v) is 18.0. The first-order valence-electron chi connectivity index (χ1n) is 10.9. The fourth-order valence-corrected chi connectivity index (χ4v) is 4.25. The number of hydrogen-bond acceptors (Lipinski definition) is 3. The molecule has 0 aliphatic carbocycles. The first kappa shape index (κ1) is 20.8. The third kappa shape index (κ3) is 4.68. The van der Waals surface area contributed by atoms with Crippen molar-refractivity contribution in [3.63, 3.8) is 0 Å². The number of anilines is 1. The molecule has 0 bridgehead atoms. The maximum absolute atomic E-state index is 12.8. The standard InChI is InChI=1S/C25H28N4O2/c1-3-22-11-4-5-14-28(22)25(31)13-12-19-9-7-15-29-24(19)17-23(27-29)20-8-6-10-21(16-20)26-18(2)30/h6-10,12-13,15-17,22H,3-5,11,14H2,1-2H3,(H,26,30). The van der Waals surface area contributed by atoms with E-state index >= 15 is 0 Å². The summed E-state index contributed by atoms with van der Waals surface area (Å²) in [5, 5.41) is 7.49. The van der Waals surface area contributed by atoms with Gasteiger partial charge < -0.3 is 10.2 Å². The normalized spacial score (nSPS) is 16.7. The number of benzene rings is 1. The summed E-state index contributed by atoms with van der Waals surface area (Å²) in [6.45, 7) is 4.48. The minimum absolute atomic E-state index is 0.0799. The third-order valence-electron chi connectivity index (χ3n) is 5.80. The second kappa shape index (κ2) is 9.16. The molecule has 6 nitrogen and oxygen atoms in total. The third-order valence-corrected chi connectivity index (χ3v) is 5.80. The van der Waals surface area contributed by atoms with Gasteiger partial charge in [0.1, 0.15) is 0 Å². The highest BCUT2D eigenvalue weighted by Crippen LogP contribution is 2.25. The average Bonchev–Trinajstić information content (AvgIpc) is 3.22. The van der Waals surface area contributed by atoms with Gasteiger partial charge in [0, 0.05) is 48.6 Å². The fourth-order valence-electron chi connectivity index (χ4n) is 4.25. The Balaban J connectivity index is 1.60. The molecular formula is C25H28N4O2. The largest absolute Gasteiger partial charge is 0.336 e. The van der Waals surface area contributed by atoms with Gasteiger partial charge >= 0.3 is 0 Å². The fraction of sp³-hybridized carbons (Fsp3) is 0.320. The highest BCUT2D eigenvalue weighted by Gasteiger charge is 2.23. The lowest BCUT2D eigenvalue weighted by molar-refractivity contribution is -0.129. The summed E-state index contributed by atoms with van der Waals surface area (Å²) >= 11 is 0. The van der Waals surface area contributed by atoms with E-state index in [-0.39, 0.29) is 11.8 Å². The number of likely N-dealkylation sites (tertiary alicyclic amines) is 1. The number of carbonyl (C=O) groups excluding carboxylic acids is 2. The van der Waals surface area contributed by atoms with Crippen molar-refractivity contribution in [2.75, 3.05) is 11.9 Å². The van der Waals surface area contributed by atoms with Gasteiger partial charge in [-0.1, -0.05) is 25.1 Å². The van der Waals surface area contributed by atoms with Crippen LogP contribution in [0, 0.1) is 0 Å². The van der Waals surface area contributed by atoms with Crippen molar-refractivity contribution in [1.82, 2.24) is 14.5 Å². The monoisotopic (exact) mass is 416 g/mol. The molecule has 6 heteroatoms. The molecule has 3 aromatic rings. The van der Waals surface area contributed by atoms with Gasteiger partial charge in [-0.3, -0.25) is 9.59 Å². The first-order chi connectivity index (χ1) is 15.0. The van der Waals surface area contributed by atoms with Crippen molar-refractivity contribution in [3.8, 4) is 11.3 Å². The molecule has 1 aliphatic rings. The molecule has 0 saturated carbocycles. The number of carbonyl (C=O) groups is 2. The van der Waals surface area contributed by atoms with Gasteiger partial charge in [-0.2, -0.15) is 5.10 Å². The van der Waals surface area contributed by atoms with E-state index in [1.165, 1.54) is 13.3 Å². The summed E-state index contributed by atoms with van der Waals surface area (Å²) in [5.74, 6) is -0.0282. The molecule has 0 radical (unpaired) electrons. The lowest BCUT2D eigenvalue weighted by Crippen LogP contribution is -2.42. The van der Waals surface area contributed by atoms with E-state index in [2.05, 4.69) is 17.3 Å². The Labute approximate surface area is 182 Å². The van der Waals surface area contributed by atoms with Crippen LogP contribution >= 0.6 is 0 Å². The second-order valence-corrected chi connectivity index (χ2v) is 8.01. The van der Waals surface area contributed by atoms with Gasteiger partial charge in [-0.25, -0.2) is 4.52 Å². The van der Waals surface area contributed by atoms with Crippen molar-refractivity contribution in [2.24, 2.45) is 0 Å². The van der Waals surface area contributed by atoms with E-state index in [4.69, 9.17) is 0 Å². The van der Waals surface area contributed by atoms with Crippen molar-refractivity contribution in [1.29, 1.82) is 0 Å². The van der Waals surface area contributed by atoms with E-state index in [0.29, 0.717) is 6.04 Å². The lowest BCUT2D eigenvalue weighted by Gasteiger charge is -2.34. The van der Waals surface area contributed by atoms with Gasteiger partial charge in [0.15, 0.2) is 0 Å². The van der Waals surface area contributed by atoms with Gasteiger partial charge in [0.25, 0.3) is 0 Å². The topological polar surface area (TPSA) is 66.7 Å². The molecule has 1 aromatic carbocycles. The number of pyridine rings is 1. The van der Waals surface area contributed by atoms with Crippen LogP contribution < -0.4 is 5.32 Å². The number of nitrogens with one attached hydrogen (secondary N) is 1. The van der Waals surface area contributed by atoms with Gasteiger partial charge in [0.05, 0.1) is 11.2 Å². The summed E-state index contributed by atoms with van der Waals surface area (Å²) in [7, 11) is 0. The minimum atomic E-state index is -0.108. The van der Waals surface area contributed by atoms with Crippen LogP contribution in [0.4, 0.5) is 5.69 Å². The van der Waals surface area contributed by atoms with Crippen molar-refractivity contribution < 1.29 is 9.59 Å². The molecule has 1 saturated heterocycles. The zero-order chi connectivity index (χ0) is 21.8. The number of hydrogen-bond donors (Lipinski definition) is 1. The number of fused-ring (bicyclic) bond motifs is 1. The Morgan fingerprint density at radius 2 is 2.06 bits per heavy atom. The van der Waals surface area contributed by atoms with Gasteiger partial charge in [-0.05, 0) is 56.0 Å². The molecule has 31 heavy (non-hydrogen) atoms. The Kier molecular flexibility index (Phi) is 6.16. The van der Waals surface area contributed by atoms with E-state index in [0.717, 1.165) is 53.8 Å². The van der Waals surface area contributed by atoms with Crippen molar-refractivity contribution in [3.05, 3.63) is 60.3 Å². The Hall–Kier alpha value is -3.41. The maximum Gasteiger partial charge on any atom is 0.246 e. The molecule has 4 rings (SSSR count). The molecule has 1 aliphatic heterocycles. The van der Waals surface area contributed by atoms with E-state index < -0.39 is 0 Å². The quantitative estimate of drug-likeness (QED) is 0.610. The molecule has 1 atom stereocenters. The van der Waals surface area contributed by atoms with E-state index in [1.54, 1.807) is 6.08 Å². The van der Waals surface area contributed by atoms with Crippen LogP contribution in [0.15, 0.2) is 54.7 Å². The van der Waals surface area contributed by atoms with Crippen LogP contribution in [0.2, 0.25) is 0 Å². The summed E-state index contributed by atoms with van der Waals surface area (Å²) < 4.78 is 1.82. The summed E-state index contributed by atoms with van der Waals surface area (Å²) in [5.41, 5.74) is 4.33. The minimum Gasteiger partial charge on any atom is -0.336 e. The number of rotatable bonds is 5. The Bertz CT molecular complexity index is 1130. The summed E-state index contributed by atoms with van der Waals surface area (Å²) in [6.07, 6.45) is 9.84. The average molecular weight is 417 g/mol. The molecule has 160 valence electrons. The predicted octanol–water partition coefficient (Wildman–Crippen LogP) is 4.76. The van der Waals surface area contributed by atoms with Crippen LogP contribution in [0.5, 0.6) is 0 Å². The lowest BCUT2D eigenvalue weighted by atomic mass is 10.00. The van der Waals surface area contributed by atoms with Crippen LogP contribution in [0.3, 0.4) is 0 Å². The Morgan fingerprint density at radius 1 is 1.19 bits per heavy atom. The molecule has 2 amide bonds. The highest BCUT2D eigenvalue weighted by atomic mass is 16.2. The van der Waals surface area contributed by atoms with Gasteiger partial charge in [-0.15, -0.1) is 0 Å². The molecule has 1 N–H and O–H groups in total. The number of nitrogens with zero attached hydrogens (tertiary/aromatic N) is 3. The van der Waals surface area contributed by atoms with E-state index in [9.17, 15) is 9.59 Å². The molecule has 1 unspecified atom stereocenters. The number of amides is 2. The number of piperidine rings is 1. The molecule has 3 heterocycles. The molecule has 1 fully saturated rings. The zero-order valence-electron chi connectivity index (χ0n) is 18.0. The summed E-state index contributed by atoms with van der Waals surface area (Å²) in [6, 6.07) is 13.9. The van der Waals surface area contributed by atoms with E-state index in [1.807, 2.05) is 64.2 Å². The van der Waals surface area contributed by atoms with Crippen LogP contribution in [0.25, 0.3) is 22.9 Å². The maximum atomic E-state index is 12.8. The first-order valence-corrected chi connectivity index (χ1v) is 10.9.